The molecular formula is C20H29N5O. The summed E-state index contributed by atoms with van der Waals surface area (Å²) in [6.45, 7) is 7.79. The Morgan fingerprint density at radius 1 is 1.38 bits per heavy atom. The number of aromatic nitrogens is 2. The van der Waals surface area contributed by atoms with E-state index in [4.69, 9.17) is 5.41 Å². The summed E-state index contributed by atoms with van der Waals surface area (Å²) in [6, 6.07) is 12.0. The van der Waals surface area contributed by atoms with Crippen LogP contribution in [0.3, 0.4) is 0 Å². The van der Waals surface area contributed by atoms with E-state index in [1.807, 2.05) is 49.2 Å². The van der Waals surface area contributed by atoms with Crippen molar-refractivity contribution in [2.75, 3.05) is 20.1 Å². The molecule has 1 aromatic heterocycles. The summed E-state index contributed by atoms with van der Waals surface area (Å²) < 4.78 is 0. The van der Waals surface area contributed by atoms with Gasteiger partial charge in [-0.2, -0.15) is 5.10 Å². The Morgan fingerprint density at radius 3 is 2.54 bits per heavy atom. The van der Waals surface area contributed by atoms with E-state index in [1.54, 1.807) is 4.90 Å². The molecule has 1 aliphatic rings. The summed E-state index contributed by atoms with van der Waals surface area (Å²) in [5.74, 6) is 1.05. The van der Waals surface area contributed by atoms with Crippen LogP contribution in [0.25, 0.3) is 0 Å². The van der Waals surface area contributed by atoms with E-state index in [0.717, 1.165) is 42.9 Å². The fourth-order valence-corrected chi connectivity index (χ4v) is 2.90. The predicted molar refractivity (Wildman–Crippen MR) is 104 cm³/mol. The smallest absolute Gasteiger partial charge is 0.209 e. The highest BCUT2D eigenvalue weighted by molar-refractivity contribution is 5.96. The Bertz CT molecular complexity index is 710. The second-order valence-electron chi connectivity index (χ2n) is 7.00. The lowest BCUT2D eigenvalue weighted by atomic mass is 10.1. The fraction of sp³-hybridized carbons (Fsp3) is 0.450. The number of amidine groups is 1. The van der Waals surface area contributed by atoms with Gasteiger partial charge in [0, 0.05) is 37.4 Å². The van der Waals surface area contributed by atoms with Crippen molar-refractivity contribution in [1.82, 2.24) is 20.0 Å². The molecule has 0 aliphatic carbocycles. The molecule has 0 saturated carbocycles. The highest BCUT2D eigenvalue weighted by atomic mass is 16.1. The number of carbonyl (C=O) groups excluding carboxylic acids is 1. The van der Waals surface area contributed by atoms with Crippen LogP contribution in [0.2, 0.25) is 0 Å². The fourth-order valence-electron chi connectivity index (χ4n) is 2.90. The second-order valence-corrected chi connectivity index (χ2v) is 7.00. The van der Waals surface area contributed by atoms with E-state index in [-0.39, 0.29) is 6.04 Å². The van der Waals surface area contributed by atoms with Crippen molar-refractivity contribution in [1.29, 1.82) is 5.41 Å². The van der Waals surface area contributed by atoms with Crippen molar-refractivity contribution in [2.24, 2.45) is 0 Å². The maximum Gasteiger partial charge on any atom is 0.209 e. The molecule has 1 atom stereocenters. The van der Waals surface area contributed by atoms with Crippen molar-refractivity contribution in [3.63, 3.8) is 0 Å². The van der Waals surface area contributed by atoms with Crippen molar-refractivity contribution < 1.29 is 4.79 Å². The molecule has 1 aromatic carbocycles. The van der Waals surface area contributed by atoms with Gasteiger partial charge in [-0.3, -0.25) is 15.3 Å². The van der Waals surface area contributed by atoms with Gasteiger partial charge in [-0.15, -0.1) is 0 Å². The lowest BCUT2D eigenvalue weighted by molar-refractivity contribution is -0.117. The zero-order valence-electron chi connectivity index (χ0n) is 16.1. The van der Waals surface area contributed by atoms with Gasteiger partial charge in [0.25, 0.3) is 0 Å². The van der Waals surface area contributed by atoms with Crippen LogP contribution in [0.15, 0.2) is 36.4 Å². The number of benzene rings is 1. The Kier molecular flexibility index (Phi) is 6.95. The monoisotopic (exact) mass is 355 g/mol. The van der Waals surface area contributed by atoms with Gasteiger partial charge in [-0.05, 0) is 25.3 Å². The average molecular weight is 355 g/mol. The van der Waals surface area contributed by atoms with E-state index >= 15 is 0 Å². The van der Waals surface area contributed by atoms with Crippen molar-refractivity contribution in [2.45, 2.75) is 39.2 Å². The molecule has 2 aromatic rings. The van der Waals surface area contributed by atoms with E-state index in [1.165, 1.54) is 0 Å². The van der Waals surface area contributed by atoms with Gasteiger partial charge in [-0.25, -0.2) is 0 Å². The number of H-pyrrole nitrogens is 1. The Labute approximate surface area is 155 Å². The number of rotatable bonds is 4. The van der Waals surface area contributed by atoms with Gasteiger partial charge >= 0.3 is 0 Å². The molecule has 2 N–H and O–H groups in total. The molecule has 1 fully saturated rings. The normalized spacial score (nSPS) is 16.2. The molecule has 0 spiro atoms. The van der Waals surface area contributed by atoms with Gasteiger partial charge in [0.05, 0.1) is 5.69 Å². The first-order valence-corrected chi connectivity index (χ1v) is 9.00. The molecule has 1 amide bonds. The van der Waals surface area contributed by atoms with Crippen LogP contribution >= 0.6 is 0 Å². The molecule has 0 radical (unpaired) electrons. The average Bonchev–Trinajstić information content (AvgIpc) is 3.30. The highest BCUT2D eigenvalue weighted by Gasteiger charge is 2.26. The molecule has 1 aliphatic heterocycles. The van der Waals surface area contributed by atoms with Crippen LogP contribution < -0.4 is 0 Å². The molecule has 0 bridgehead atoms. The quantitative estimate of drug-likeness (QED) is 0.503. The Hall–Kier alpha value is -2.63. The number of hydrogen-bond donors (Lipinski definition) is 2. The molecule has 26 heavy (non-hydrogen) atoms. The summed E-state index contributed by atoms with van der Waals surface area (Å²) in [5.41, 5.74) is 3.20. The third kappa shape index (κ3) is 5.18. The SMILES string of the molecule is CN(C(=N)c1ccccc1)C1CCN(C=O)C1.Cc1cc(C(C)C)n[nH]1. The topological polar surface area (TPSA) is 76.1 Å². The number of aromatic amines is 1. The van der Waals surface area contributed by atoms with Gasteiger partial charge in [-0.1, -0.05) is 44.2 Å². The third-order valence-corrected chi connectivity index (χ3v) is 4.61. The third-order valence-electron chi connectivity index (χ3n) is 4.61. The van der Waals surface area contributed by atoms with Crippen molar-refractivity contribution in [3.05, 3.63) is 53.3 Å². The van der Waals surface area contributed by atoms with Crippen molar-refractivity contribution in [3.8, 4) is 0 Å². The maximum absolute atomic E-state index is 10.7. The van der Waals surface area contributed by atoms with E-state index in [9.17, 15) is 4.79 Å². The summed E-state index contributed by atoms with van der Waals surface area (Å²) in [5, 5.41) is 15.1. The number of nitrogens with one attached hydrogen (secondary N) is 2. The number of likely N-dealkylation sites (N-methyl/N-ethyl adjacent to an activating group) is 1. The first-order valence-electron chi connectivity index (χ1n) is 9.00. The number of nitrogens with zero attached hydrogens (tertiary/aromatic N) is 3. The summed E-state index contributed by atoms with van der Waals surface area (Å²) in [7, 11) is 1.92. The van der Waals surface area contributed by atoms with Gasteiger partial charge in [0.1, 0.15) is 5.84 Å². The number of aryl methyl sites for hydroxylation is 1. The summed E-state index contributed by atoms with van der Waals surface area (Å²) in [6.07, 6.45) is 1.82. The number of hydrogen-bond acceptors (Lipinski definition) is 3. The largest absolute Gasteiger partial charge is 0.355 e. The molecule has 140 valence electrons. The zero-order valence-corrected chi connectivity index (χ0v) is 16.1. The number of likely N-dealkylation sites (tertiary alicyclic amines) is 1. The molecule has 1 saturated heterocycles. The van der Waals surface area contributed by atoms with E-state index in [2.05, 4.69) is 30.1 Å². The summed E-state index contributed by atoms with van der Waals surface area (Å²) >= 11 is 0. The first kappa shape index (κ1) is 19.7. The van der Waals surface area contributed by atoms with Gasteiger partial charge in [0.2, 0.25) is 6.41 Å². The minimum atomic E-state index is 0.257. The minimum Gasteiger partial charge on any atom is -0.355 e. The van der Waals surface area contributed by atoms with E-state index in [0.29, 0.717) is 11.8 Å². The second kappa shape index (κ2) is 9.17. The van der Waals surface area contributed by atoms with Crippen LogP contribution in [0, 0.1) is 12.3 Å². The van der Waals surface area contributed by atoms with Crippen LogP contribution in [0.4, 0.5) is 0 Å². The number of amides is 1. The molecule has 1 unspecified atom stereocenters. The predicted octanol–water partition coefficient (Wildman–Crippen LogP) is 3.02. The minimum absolute atomic E-state index is 0.257. The standard InChI is InChI=1S/C13H17N3O.C7H12N2/c1-15(12-7-8-16(9-12)10-17)13(14)11-5-3-2-4-6-11;1-5(2)7-4-6(3)8-9-7/h2-6,10,12,14H,7-9H2,1H3;4-5H,1-3H3,(H,8,9). The Morgan fingerprint density at radius 2 is 2.08 bits per heavy atom. The molecule has 6 nitrogen and oxygen atoms in total. The molecule has 6 heteroatoms. The molecule has 2 heterocycles. The highest BCUT2D eigenvalue weighted by Crippen LogP contribution is 2.15. The van der Waals surface area contributed by atoms with Crippen molar-refractivity contribution >= 4 is 12.2 Å². The lowest BCUT2D eigenvalue weighted by Gasteiger charge is -2.26. The van der Waals surface area contributed by atoms with Gasteiger partial charge < -0.3 is 9.80 Å². The van der Waals surface area contributed by atoms with Crippen LogP contribution in [0.5, 0.6) is 0 Å². The van der Waals surface area contributed by atoms with Crippen LogP contribution in [-0.4, -0.2) is 58.4 Å². The Balaban J connectivity index is 0.000000228. The van der Waals surface area contributed by atoms with Crippen LogP contribution in [0.1, 0.15) is 43.1 Å². The maximum atomic E-state index is 10.7. The van der Waals surface area contributed by atoms with E-state index < -0.39 is 0 Å². The van der Waals surface area contributed by atoms with Gasteiger partial charge in [0.15, 0.2) is 0 Å². The zero-order chi connectivity index (χ0) is 19.1. The van der Waals surface area contributed by atoms with Crippen LogP contribution in [-0.2, 0) is 4.79 Å². The lowest BCUT2D eigenvalue weighted by Crippen LogP contribution is -2.38. The molecular weight excluding hydrogens is 326 g/mol. The summed E-state index contributed by atoms with van der Waals surface area (Å²) in [4.78, 5) is 14.4. The molecule has 3 rings (SSSR count). The number of carbonyl (C=O) groups is 1. The first-order chi connectivity index (χ1) is 12.4.